The van der Waals surface area contributed by atoms with E-state index in [4.69, 9.17) is 10.6 Å². The van der Waals surface area contributed by atoms with Gasteiger partial charge in [0.2, 0.25) is 0 Å². The van der Waals surface area contributed by atoms with Crippen molar-refractivity contribution >= 4 is 17.6 Å². The lowest BCUT2D eigenvalue weighted by atomic mass is 10.2. The van der Waals surface area contributed by atoms with Gasteiger partial charge in [-0.05, 0) is 30.8 Å². The summed E-state index contributed by atoms with van der Waals surface area (Å²) in [5.74, 6) is 5.42. The highest BCUT2D eigenvalue weighted by Crippen LogP contribution is 2.24. The van der Waals surface area contributed by atoms with Crippen LogP contribution in [0.1, 0.15) is 23.0 Å². The molecule has 9 nitrogen and oxygen atoms in total. The predicted octanol–water partition coefficient (Wildman–Crippen LogP) is 1.46. The maximum atomic E-state index is 13.4. The SMILES string of the molecule is CCN1CCN(C(=O)N(Cc2ccc(C(=O)NN)cn2)c2cccc(OC)c2)CC1. The third kappa shape index (κ3) is 5.05. The molecule has 1 aliphatic heterocycles. The first-order valence-corrected chi connectivity index (χ1v) is 9.94. The van der Waals surface area contributed by atoms with Crippen molar-refractivity contribution in [3.63, 3.8) is 0 Å². The zero-order chi connectivity index (χ0) is 21.5. The highest BCUT2D eigenvalue weighted by molar-refractivity contribution is 5.93. The first kappa shape index (κ1) is 21.5. The van der Waals surface area contributed by atoms with Crippen molar-refractivity contribution in [1.29, 1.82) is 0 Å². The Bertz CT molecular complexity index is 865. The van der Waals surface area contributed by atoms with E-state index in [1.165, 1.54) is 6.20 Å². The number of nitrogens with two attached hydrogens (primary N) is 1. The van der Waals surface area contributed by atoms with Crippen LogP contribution in [0.3, 0.4) is 0 Å². The molecule has 0 unspecified atom stereocenters. The van der Waals surface area contributed by atoms with Gasteiger partial charge < -0.3 is 14.5 Å². The summed E-state index contributed by atoms with van der Waals surface area (Å²) < 4.78 is 5.33. The van der Waals surface area contributed by atoms with Crippen molar-refractivity contribution in [2.24, 2.45) is 5.84 Å². The number of hydrazine groups is 1. The van der Waals surface area contributed by atoms with Crippen LogP contribution in [-0.2, 0) is 6.54 Å². The van der Waals surface area contributed by atoms with Gasteiger partial charge in [-0.3, -0.25) is 20.1 Å². The van der Waals surface area contributed by atoms with Crippen LogP contribution in [0.2, 0.25) is 0 Å². The maximum Gasteiger partial charge on any atom is 0.324 e. The molecule has 0 saturated carbocycles. The normalized spacial score (nSPS) is 14.3. The van der Waals surface area contributed by atoms with Gasteiger partial charge in [0.05, 0.1) is 24.9 Å². The van der Waals surface area contributed by atoms with Crippen LogP contribution in [0, 0.1) is 0 Å². The summed E-state index contributed by atoms with van der Waals surface area (Å²) in [6.45, 7) is 6.44. The van der Waals surface area contributed by atoms with Crippen LogP contribution in [0.15, 0.2) is 42.6 Å². The van der Waals surface area contributed by atoms with Crippen molar-refractivity contribution in [1.82, 2.24) is 20.2 Å². The molecule has 9 heteroatoms. The third-order valence-corrected chi connectivity index (χ3v) is 5.22. The number of anilines is 1. The van der Waals surface area contributed by atoms with Crippen molar-refractivity contribution in [2.75, 3.05) is 44.7 Å². The van der Waals surface area contributed by atoms with Gasteiger partial charge in [0, 0.05) is 44.1 Å². The van der Waals surface area contributed by atoms with Gasteiger partial charge in [-0.25, -0.2) is 10.6 Å². The number of carbonyl (C=O) groups excluding carboxylic acids is 2. The van der Waals surface area contributed by atoms with Crippen molar-refractivity contribution in [3.8, 4) is 5.75 Å². The number of aromatic nitrogens is 1. The highest BCUT2D eigenvalue weighted by Gasteiger charge is 2.26. The van der Waals surface area contributed by atoms with Gasteiger partial charge in [0.25, 0.3) is 5.91 Å². The molecule has 3 N–H and O–H groups in total. The minimum Gasteiger partial charge on any atom is -0.497 e. The summed E-state index contributed by atoms with van der Waals surface area (Å²) in [6.07, 6.45) is 1.45. The third-order valence-electron chi connectivity index (χ3n) is 5.22. The topological polar surface area (TPSA) is 104 Å². The number of amides is 3. The molecule has 30 heavy (non-hydrogen) atoms. The van der Waals surface area contributed by atoms with E-state index in [0.29, 0.717) is 30.1 Å². The minimum absolute atomic E-state index is 0.0791. The molecular weight excluding hydrogens is 384 g/mol. The maximum absolute atomic E-state index is 13.4. The summed E-state index contributed by atoms with van der Waals surface area (Å²) >= 11 is 0. The van der Waals surface area contributed by atoms with Crippen LogP contribution >= 0.6 is 0 Å². The number of hydrogen-bond acceptors (Lipinski definition) is 6. The monoisotopic (exact) mass is 412 g/mol. The highest BCUT2D eigenvalue weighted by atomic mass is 16.5. The fourth-order valence-corrected chi connectivity index (χ4v) is 3.37. The van der Waals surface area contributed by atoms with Gasteiger partial charge in [0.1, 0.15) is 5.75 Å². The number of pyridine rings is 1. The predicted molar refractivity (Wildman–Crippen MR) is 114 cm³/mol. The molecule has 0 radical (unpaired) electrons. The lowest BCUT2D eigenvalue weighted by molar-refractivity contribution is 0.0953. The van der Waals surface area contributed by atoms with E-state index in [0.717, 1.165) is 25.3 Å². The molecule has 1 saturated heterocycles. The van der Waals surface area contributed by atoms with E-state index in [-0.39, 0.29) is 12.6 Å². The largest absolute Gasteiger partial charge is 0.497 e. The Morgan fingerprint density at radius 3 is 2.57 bits per heavy atom. The molecule has 3 rings (SSSR count). The summed E-state index contributed by atoms with van der Waals surface area (Å²) in [7, 11) is 1.60. The number of piperazine rings is 1. The number of urea groups is 1. The number of nitrogen functional groups attached to an aromatic ring is 1. The average Bonchev–Trinajstić information content (AvgIpc) is 2.82. The second kappa shape index (κ2) is 10.0. The lowest BCUT2D eigenvalue weighted by Crippen LogP contribution is -2.52. The van der Waals surface area contributed by atoms with Crippen molar-refractivity contribution in [3.05, 3.63) is 53.9 Å². The lowest BCUT2D eigenvalue weighted by Gasteiger charge is -2.37. The molecule has 0 atom stereocenters. The minimum atomic E-state index is -0.413. The molecule has 0 bridgehead atoms. The van der Waals surface area contributed by atoms with Crippen LogP contribution in [0.5, 0.6) is 5.75 Å². The van der Waals surface area contributed by atoms with E-state index in [1.54, 1.807) is 24.1 Å². The molecule has 1 aromatic heterocycles. The molecule has 1 aliphatic rings. The summed E-state index contributed by atoms with van der Waals surface area (Å²) in [6, 6.07) is 10.7. The first-order valence-electron chi connectivity index (χ1n) is 9.94. The van der Waals surface area contributed by atoms with Gasteiger partial charge >= 0.3 is 6.03 Å². The molecule has 2 aromatic rings. The Kier molecular flexibility index (Phi) is 7.21. The van der Waals surface area contributed by atoms with Crippen molar-refractivity contribution in [2.45, 2.75) is 13.5 Å². The van der Waals surface area contributed by atoms with Gasteiger partial charge in [-0.1, -0.05) is 13.0 Å². The average molecular weight is 412 g/mol. The first-order chi connectivity index (χ1) is 14.5. The van der Waals surface area contributed by atoms with Crippen LogP contribution in [0.25, 0.3) is 0 Å². The number of hydrogen-bond donors (Lipinski definition) is 2. The van der Waals surface area contributed by atoms with Crippen LogP contribution < -0.4 is 20.9 Å². The molecule has 0 spiro atoms. The number of rotatable bonds is 6. The van der Waals surface area contributed by atoms with Crippen molar-refractivity contribution < 1.29 is 14.3 Å². The number of nitrogens with zero attached hydrogens (tertiary/aromatic N) is 4. The Labute approximate surface area is 176 Å². The van der Waals surface area contributed by atoms with Crippen LogP contribution in [-0.4, -0.2) is 66.6 Å². The fourth-order valence-electron chi connectivity index (χ4n) is 3.37. The quantitative estimate of drug-likeness (QED) is 0.423. The molecule has 3 amide bonds. The van der Waals surface area contributed by atoms with Gasteiger partial charge in [-0.15, -0.1) is 0 Å². The molecule has 1 aromatic carbocycles. The smallest absolute Gasteiger partial charge is 0.324 e. The van der Waals surface area contributed by atoms with E-state index < -0.39 is 5.91 Å². The molecule has 160 valence electrons. The zero-order valence-corrected chi connectivity index (χ0v) is 17.4. The molecule has 2 heterocycles. The second-order valence-corrected chi connectivity index (χ2v) is 7.00. The van der Waals surface area contributed by atoms with E-state index in [2.05, 4.69) is 22.2 Å². The number of nitrogens with one attached hydrogen (secondary N) is 1. The standard InChI is InChI=1S/C21H28N6O3/c1-3-25-9-11-26(12-10-25)21(29)27(18-5-4-6-19(13-18)30-2)15-17-8-7-16(14-23-17)20(28)24-22/h4-8,13-14H,3,9-12,15,22H2,1-2H3,(H,24,28). The van der Waals surface area contributed by atoms with E-state index in [9.17, 15) is 9.59 Å². The van der Waals surface area contributed by atoms with Gasteiger partial charge in [0.15, 0.2) is 0 Å². The number of carbonyl (C=O) groups is 2. The number of benzene rings is 1. The Hall–Kier alpha value is -3.17. The Morgan fingerprint density at radius 2 is 1.97 bits per heavy atom. The summed E-state index contributed by atoms with van der Waals surface area (Å²) in [5.41, 5.74) is 3.82. The molecule has 0 aliphatic carbocycles. The number of likely N-dealkylation sites (N-methyl/N-ethyl adjacent to an activating group) is 1. The van der Waals surface area contributed by atoms with Crippen LogP contribution in [0.4, 0.5) is 10.5 Å². The fraction of sp³-hybridized carbons (Fsp3) is 0.381. The number of methoxy groups -OCH3 is 1. The Morgan fingerprint density at radius 1 is 1.20 bits per heavy atom. The zero-order valence-electron chi connectivity index (χ0n) is 17.4. The van der Waals surface area contributed by atoms with E-state index >= 15 is 0 Å². The van der Waals surface area contributed by atoms with Gasteiger partial charge in [-0.2, -0.15) is 0 Å². The summed E-state index contributed by atoms with van der Waals surface area (Å²) in [4.78, 5) is 35.3. The summed E-state index contributed by atoms with van der Waals surface area (Å²) in [5, 5.41) is 0. The van der Waals surface area contributed by atoms with E-state index in [1.807, 2.05) is 29.2 Å². The molecular formula is C21H28N6O3. The molecule has 1 fully saturated rings. The Balaban J connectivity index is 1.84. The second-order valence-electron chi connectivity index (χ2n) is 7.00. The number of ether oxygens (including phenoxy) is 1.